The number of phenolic OH excluding ortho intramolecular Hbond substituents is 1. The fourth-order valence-corrected chi connectivity index (χ4v) is 10.5. The number of aromatic hydroxyl groups is 1. The summed E-state index contributed by atoms with van der Waals surface area (Å²) < 4.78 is 0. The van der Waals surface area contributed by atoms with Gasteiger partial charge in [0, 0.05) is 28.6 Å². The average Bonchev–Trinajstić information content (AvgIpc) is 2.95. The van der Waals surface area contributed by atoms with Crippen molar-refractivity contribution in [2.45, 2.75) is 164 Å². The maximum absolute atomic E-state index is 13.7. The zero-order chi connectivity index (χ0) is 38.0. The molecule has 0 aromatic heterocycles. The number of carbonyl (C=O) groups is 2. The molecule has 2 aliphatic rings. The Morgan fingerprint density at radius 2 is 1.20 bits per heavy atom. The van der Waals surface area contributed by atoms with Gasteiger partial charge in [-0.1, -0.05) is 80.9 Å². The SMILES string of the molecule is CCC(C1CC(C)(C)N(C)C(C)C1C)C(Cc1cc(C(C)(C)C)c(O)c(C(C)(C)C)c1)(C(C(=O)O)C(=O)O)C1CC(C)(C)N(C)C(C)C1C. The average molecular weight is 685 g/mol. The number of likely N-dealkylation sites (tertiary alicyclic amines) is 2. The largest absolute Gasteiger partial charge is 0.507 e. The van der Waals surface area contributed by atoms with Crippen LogP contribution in [0.15, 0.2) is 12.1 Å². The van der Waals surface area contributed by atoms with Crippen LogP contribution in [0.4, 0.5) is 0 Å². The van der Waals surface area contributed by atoms with Crippen LogP contribution in [-0.4, -0.2) is 74.3 Å². The molecular weight excluding hydrogens is 612 g/mol. The Morgan fingerprint density at radius 3 is 1.59 bits per heavy atom. The van der Waals surface area contributed by atoms with E-state index in [0.29, 0.717) is 19.3 Å². The third kappa shape index (κ3) is 7.45. The molecule has 2 aliphatic heterocycles. The van der Waals surface area contributed by atoms with Crippen molar-refractivity contribution < 1.29 is 24.9 Å². The van der Waals surface area contributed by atoms with E-state index in [4.69, 9.17) is 0 Å². The summed E-state index contributed by atoms with van der Waals surface area (Å²) >= 11 is 0. The number of hydrogen-bond donors (Lipinski definition) is 3. The van der Waals surface area contributed by atoms with Crippen LogP contribution in [0, 0.1) is 40.9 Å². The molecule has 280 valence electrons. The molecule has 7 nitrogen and oxygen atoms in total. The molecule has 0 spiro atoms. The van der Waals surface area contributed by atoms with Crippen LogP contribution < -0.4 is 0 Å². The Morgan fingerprint density at radius 1 is 0.796 bits per heavy atom. The molecule has 7 heteroatoms. The van der Waals surface area contributed by atoms with Crippen molar-refractivity contribution in [3.8, 4) is 5.75 Å². The van der Waals surface area contributed by atoms with Crippen molar-refractivity contribution in [1.29, 1.82) is 0 Å². The first kappa shape index (κ1) is 41.3. The minimum absolute atomic E-state index is 0.0431. The van der Waals surface area contributed by atoms with E-state index < -0.39 is 23.3 Å². The molecule has 0 amide bonds. The zero-order valence-corrected chi connectivity index (χ0v) is 34.2. The lowest BCUT2D eigenvalue weighted by Gasteiger charge is -2.62. The van der Waals surface area contributed by atoms with Crippen molar-refractivity contribution in [1.82, 2.24) is 9.80 Å². The Bertz CT molecular complexity index is 1320. The number of rotatable bonds is 9. The van der Waals surface area contributed by atoms with E-state index >= 15 is 0 Å². The second kappa shape index (κ2) is 13.8. The van der Waals surface area contributed by atoms with Crippen LogP contribution in [0.5, 0.6) is 5.75 Å². The molecule has 1 aromatic rings. The topological polar surface area (TPSA) is 101 Å². The molecule has 1 aromatic carbocycles. The van der Waals surface area contributed by atoms with Gasteiger partial charge in [-0.3, -0.25) is 19.4 Å². The van der Waals surface area contributed by atoms with Gasteiger partial charge in [0.15, 0.2) is 5.92 Å². The lowest BCUT2D eigenvalue weighted by molar-refractivity contribution is -0.184. The second-order valence-corrected chi connectivity index (χ2v) is 19.7. The summed E-state index contributed by atoms with van der Waals surface area (Å²) in [6.07, 6.45) is 2.55. The summed E-state index contributed by atoms with van der Waals surface area (Å²) in [7, 11) is 4.33. The fraction of sp³-hybridized carbons (Fsp3) is 0.810. The number of phenols is 1. The minimum atomic E-state index is -1.61. The van der Waals surface area contributed by atoms with Crippen LogP contribution in [0.2, 0.25) is 0 Å². The molecule has 8 atom stereocenters. The third-order valence-electron chi connectivity index (χ3n) is 14.1. The molecule has 0 radical (unpaired) electrons. The van der Waals surface area contributed by atoms with Gasteiger partial charge in [-0.15, -0.1) is 0 Å². The number of nitrogens with zero attached hydrogens (tertiary/aromatic N) is 2. The van der Waals surface area contributed by atoms with Gasteiger partial charge in [-0.2, -0.15) is 0 Å². The predicted octanol–water partition coefficient (Wildman–Crippen LogP) is 8.84. The molecular formula is C42H72N2O5. The van der Waals surface area contributed by atoms with Gasteiger partial charge < -0.3 is 15.3 Å². The molecule has 0 bridgehead atoms. The molecule has 2 saturated heterocycles. The van der Waals surface area contributed by atoms with Gasteiger partial charge in [0.2, 0.25) is 0 Å². The first-order valence-electron chi connectivity index (χ1n) is 18.9. The van der Waals surface area contributed by atoms with Gasteiger partial charge in [-0.25, -0.2) is 0 Å². The molecule has 2 fully saturated rings. The van der Waals surface area contributed by atoms with E-state index in [1.165, 1.54) is 0 Å². The summed E-state index contributed by atoms with van der Waals surface area (Å²) in [4.78, 5) is 32.3. The molecule has 49 heavy (non-hydrogen) atoms. The first-order valence-corrected chi connectivity index (χ1v) is 18.9. The van der Waals surface area contributed by atoms with E-state index in [1.807, 2.05) is 0 Å². The fourth-order valence-electron chi connectivity index (χ4n) is 10.5. The third-order valence-corrected chi connectivity index (χ3v) is 14.1. The van der Waals surface area contributed by atoms with Crippen LogP contribution >= 0.6 is 0 Å². The highest BCUT2D eigenvalue weighted by molar-refractivity contribution is 5.94. The van der Waals surface area contributed by atoms with Gasteiger partial charge in [0.25, 0.3) is 0 Å². The number of piperidine rings is 2. The molecule has 3 rings (SSSR count). The van der Waals surface area contributed by atoms with Crippen LogP contribution in [0.25, 0.3) is 0 Å². The lowest BCUT2D eigenvalue weighted by atomic mass is 9.46. The van der Waals surface area contributed by atoms with Crippen molar-refractivity contribution in [2.24, 2.45) is 40.9 Å². The summed E-state index contributed by atoms with van der Waals surface area (Å²) in [5.41, 5.74) is 0.247. The molecule has 0 saturated carbocycles. The Hall–Kier alpha value is -2.12. The lowest BCUT2D eigenvalue weighted by Crippen LogP contribution is -2.65. The van der Waals surface area contributed by atoms with Gasteiger partial charge >= 0.3 is 11.9 Å². The van der Waals surface area contributed by atoms with Crippen molar-refractivity contribution in [3.63, 3.8) is 0 Å². The van der Waals surface area contributed by atoms with Gasteiger partial charge in [-0.05, 0) is 132 Å². The Kier molecular flexibility index (Phi) is 11.6. The van der Waals surface area contributed by atoms with E-state index in [-0.39, 0.29) is 69.3 Å². The van der Waals surface area contributed by atoms with E-state index in [9.17, 15) is 24.9 Å². The highest BCUT2D eigenvalue weighted by atomic mass is 16.4. The van der Waals surface area contributed by atoms with Crippen LogP contribution in [0.1, 0.15) is 140 Å². The minimum Gasteiger partial charge on any atom is -0.507 e. The maximum atomic E-state index is 13.7. The highest BCUT2D eigenvalue weighted by Crippen LogP contribution is 2.61. The molecule has 8 unspecified atom stereocenters. The number of benzene rings is 1. The smallest absolute Gasteiger partial charge is 0.318 e. The Balaban J connectivity index is 2.58. The first-order chi connectivity index (χ1) is 22.1. The van der Waals surface area contributed by atoms with E-state index in [0.717, 1.165) is 23.1 Å². The molecule has 3 N–H and O–H groups in total. The van der Waals surface area contributed by atoms with Crippen molar-refractivity contribution >= 4 is 11.9 Å². The van der Waals surface area contributed by atoms with E-state index in [2.05, 4.69) is 140 Å². The quantitative estimate of drug-likeness (QED) is 0.224. The molecule has 0 aliphatic carbocycles. The van der Waals surface area contributed by atoms with Gasteiger partial charge in [0.05, 0.1) is 0 Å². The monoisotopic (exact) mass is 685 g/mol. The van der Waals surface area contributed by atoms with E-state index in [1.54, 1.807) is 0 Å². The summed E-state index contributed by atoms with van der Waals surface area (Å²) in [6, 6.07) is 4.49. The van der Waals surface area contributed by atoms with Crippen LogP contribution in [-0.2, 0) is 26.8 Å². The zero-order valence-electron chi connectivity index (χ0n) is 34.2. The Labute approximate surface area is 299 Å². The number of carboxylic acids is 2. The summed E-state index contributed by atoms with van der Waals surface area (Å²) in [5, 5.41) is 34.1. The normalized spacial score (nSPS) is 30.2. The maximum Gasteiger partial charge on any atom is 0.318 e. The standard InChI is InChI=1S/C42H72N2O5/c1-18-30(29-22-40(12,13)43(16)26(4)24(29)2)42(34(36(46)47)37(48)49,33-23-41(14,15)44(17)27(5)25(33)3)21-28-19-31(38(6,7)8)35(45)32(20-28)39(9,10)11/h19-20,24-27,29-30,33-34,45H,18,21-23H2,1-17H3,(H,46,47)(H,48,49). The van der Waals surface area contributed by atoms with Gasteiger partial charge in [0.1, 0.15) is 5.75 Å². The number of hydrogen-bond acceptors (Lipinski definition) is 5. The van der Waals surface area contributed by atoms with Crippen molar-refractivity contribution in [2.75, 3.05) is 14.1 Å². The number of carboxylic acid groups (broad SMARTS) is 2. The number of aliphatic carboxylic acids is 2. The second-order valence-electron chi connectivity index (χ2n) is 19.7. The molecule has 2 heterocycles. The van der Waals surface area contributed by atoms with Crippen molar-refractivity contribution in [3.05, 3.63) is 28.8 Å². The highest BCUT2D eigenvalue weighted by Gasteiger charge is 2.63. The predicted molar refractivity (Wildman–Crippen MR) is 201 cm³/mol. The summed E-state index contributed by atoms with van der Waals surface area (Å²) in [6.45, 7) is 32.7. The van der Waals surface area contributed by atoms with Crippen LogP contribution in [0.3, 0.4) is 0 Å². The summed E-state index contributed by atoms with van der Waals surface area (Å²) in [5.74, 6) is -3.82.